The minimum Gasteiger partial charge on any atom is -0.0844 e. The fourth-order valence-corrected chi connectivity index (χ4v) is 16.7. The Morgan fingerprint density at radius 3 is 2.32 bits per heavy atom. The Labute approximate surface area is 433 Å². The molecule has 0 amide bonds. The quantitative estimate of drug-likeness (QED) is 0.231. The number of allylic oxidation sites excluding steroid dienone is 30. The lowest BCUT2D eigenvalue weighted by molar-refractivity contribution is 0.367. The van der Waals surface area contributed by atoms with Crippen molar-refractivity contribution in [2.75, 3.05) is 0 Å². The predicted molar refractivity (Wildman–Crippen MR) is 304 cm³/mol. The van der Waals surface area contributed by atoms with Crippen molar-refractivity contribution in [2.45, 2.75) is 130 Å². The molecule has 2 saturated carbocycles. The second kappa shape index (κ2) is 18.2. The summed E-state index contributed by atoms with van der Waals surface area (Å²) in [7, 11) is 0. The first-order valence-electron chi connectivity index (χ1n) is 28.7. The average Bonchev–Trinajstić information content (AvgIpc) is 3.78. The van der Waals surface area contributed by atoms with E-state index in [4.69, 9.17) is 0 Å². The highest BCUT2D eigenvalue weighted by Gasteiger charge is 2.50. The molecule has 2 aromatic rings. The molecule has 11 aliphatic rings. The molecular weight excluding hydrogens is 865 g/mol. The second-order valence-corrected chi connectivity index (χ2v) is 25.2. The molecule has 0 spiro atoms. The average molecular weight is 943 g/mol. The zero-order valence-electron chi connectivity index (χ0n) is 44.3. The molecule has 0 heteroatoms. The summed E-state index contributed by atoms with van der Waals surface area (Å²) in [5.41, 5.74) is 25.8. The molecule has 72 heavy (non-hydrogen) atoms. The summed E-state index contributed by atoms with van der Waals surface area (Å²) >= 11 is 0. The minimum absolute atomic E-state index is 0.0365. The monoisotopic (exact) mass is 943 g/mol. The van der Waals surface area contributed by atoms with Crippen molar-refractivity contribution in [3.8, 4) is 0 Å². The van der Waals surface area contributed by atoms with Crippen molar-refractivity contribution in [3.63, 3.8) is 0 Å². The van der Waals surface area contributed by atoms with E-state index in [0.717, 1.165) is 50.9 Å². The van der Waals surface area contributed by atoms with Crippen LogP contribution in [0.4, 0.5) is 0 Å². The maximum atomic E-state index is 2.88. The number of rotatable bonds is 8. The van der Waals surface area contributed by atoms with Crippen molar-refractivity contribution in [1.82, 2.24) is 0 Å². The first-order valence-corrected chi connectivity index (χ1v) is 28.7. The largest absolute Gasteiger partial charge is 0.0844 e. The molecule has 13 rings (SSSR count). The minimum atomic E-state index is 0.0365. The molecule has 2 fully saturated rings. The van der Waals surface area contributed by atoms with Gasteiger partial charge < -0.3 is 0 Å². The van der Waals surface area contributed by atoms with Crippen LogP contribution in [0.1, 0.15) is 141 Å². The lowest BCUT2D eigenvalue weighted by Gasteiger charge is -2.47. The third-order valence-corrected chi connectivity index (χ3v) is 20.5. The Morgan fingerprint density at radius 2 is 1.51 bits per heavy atom. The number of fused-ring (bicyclic) bond motifs is 8. The van der Waals surface area contributed by atoms with Crippen LogP contribution in [0, 0.1) is 58.7 Å². The van der Waals surface area contributed by atoms with Gasteiger partial charge in [0, 0.05) is 40.9 Å². The van der Waals surface area contributed by atoms with Crippen LogP contribution in [0.3, 0.4) is 0 Å². The van der Waals surface area contributed by atoms with Crippen LogP contribution < -0.4 is 0 Å². The summed E-state index contributed by atoms with van der Waals surface area (Å²) in [4.78, 5) is 0. The molecule has 10 atom stereocenters. The summed E-state index contributed by atoms with van der Waals surface area (Å²) in [6.07, 6.45) is 58.1. The lowest BCUT2D eigenvalue weighted by Crippen LogP contribution is -2.35. The SMILES string of the molecule is CC1=CCC(C(C2=CCCC=C2)C2=CC3C(C4C=C5C(=CC4)C4CC=CC=C4C5(C)C)=C4CCC(C(C5=CCC(C)CC5)c5ccccc5)CC4=C(C4=CC=C5c6ccccc6C(C)(C)C5C4)C3C=C2)C=C1. The molecular formula is C72H78. The van der Waals surface area contributed by atoms with Crippen LogP contribution in [-0.4, -0.2) is 0 Å². The summed E-state index contributed by atoms with van der Waals surface area (Å²) in [5.74, 6) is 4.59. The number of benzene rings is 2. The Balaban J connectivity index is 1.01. The van der Waals surface area contributed by atoms with Crippen molar-refractivity contribution in [2.24, 2.45) is 58.7 Å². The van der Waals surface area contributed by atoms with Crippen LogP contribution in [0.15, 0.2) is 225 Å². The predicted octanol–water partition coefficient (Wildman–Crippen LogP) is 18.8. The first kappa shape index (κ1) is 46.3. The maximum Gasteiger partial charge on any atom is 0.0149 e. The smallest absolute Gasteiger partial charge is 0.0149 e. The highest BCUT2D eigenvalue weighted by Crippen LogP contribution is 2.63. The molecule has 0 heterocycles. The Morgan fingerprint density at radius 1 is 0.653 bits per heavy atom. The highest BCUT2D eigenvalue weighted by atomic mass is 14.5. The third kappa shape index (κ3) is 7.65. The summed E-state index contributed by atoms with van der Waals surface area (Å²) < 4.78 is 0. The zero-order valence-corrected chi connectivity index (χ0v) is 44.3. The number of hydrogen-bond acceptors (Lipinski definition) is 0. The van der Waals surface area contributed by atoms with Crippen molar-refractivity contribution >= 4 is 5.57 Å². The number of hydrogen-bond donors (Lipinski definition) is 0. The van der Waals surface area contributed by atoms with Crippen molar-refractivity contribution < 1.29 is 0 Å². The third-order valence-electron chi connectivity index (χ3n) is 20.5. The first-order chi connectivity index (χ1) is 35.0. The van der Waals surface area contributed by atoms with Crippen LogP contribution in [0.25, 0.3) is 5.57 Å². The fraction of sp³-hybridized carbons (Fsp3) is 0.417. The molecule has 0 saturated heterocycles. The lowest BCUT2D eigenvalue weighted by atomic mass is 9.57. The van der Waals surface area contributed by atoms with Crippen LogP contribution >= 0.6 is 0 Å². The van der Waals surface area contributed by atoms with Gasteiger partial charge in [-0.2, -0.15) is 0 Å². The molecule has 0 N–H and O–H groups in total. The molecule has 11 aliphatic carbocycles. The van der Waals surface area contributed by atoms with Gasteiger partial charge in [0.15, 0.2) is 0 Å². The van der Waals surface area contributed by atoms with E-state index in [1.165, 1.54) is 59.9 Å². The molecule has 2 aromatic carbocycles. The molecule has 0 bridgehead atoms. The molecule has 0 aliphatic heterocycles. The molecule has 10 unspecified atom stereocenters. The van der Waals surface area contributed by atoms with E-state index in [0.29, 0.717) is 53.3 Å². The van der Waals surface area contributed by atoms with Gasteiger partial charge in [-0.05, 0) is 180 Å². The van der Waals surface area contributed by atoms with Crippen LogP contribution in [0.2, 0.25) is 0 Å². The van der Waals surface area contributed by atoms with Crippen molar-refractivity contribution in [3.05, 3.63) is 241 Å². The molecule has 0 radical (unpaired) electrons. The standard InChI is InChI=1S/C72H78/c1-45-25-29-49(30-26-45)67(47-17-9-7-10-18-47)51-35-39-59-61(41-51)69(53-33-37-57-55-21-13-15-23-63(55)71(3,4)65(57)43-53)60-40-36-52(68(48-19-11-8-12-20-48)50-31-27-46(2)28-32-50)42-62(60)70(59)54-34-38-58-56-22-14-16-24-64(56)72(5,6)66(58)44-54/h7,9-11,13-21,23-24,27-29,31,33,36-38,40,42,44-45,50-51,54,56,60,62,65,67-68H,8,12,22,25-26,30,32,34-35,39,41,43H2,1-6H3. The van der Waals surface area contributed by atoms with E-state index in [9.17, 15) is 0 Å². The summed E-state index contributed by atoms with van der Waals surface area (Å²) in [6.45, 7) is 14.9. The Hall–Kier alpha value is -5.46. The van der Waals surface area contributed by atoms with E-state index in [1.54, 1.807) is 61.3 Å². The van der Waals surface area contributed by atoms with Gasteiger partial charge in [0.1, 0.15) is 0 Å². The molecule has 366 valence electrons. The maximum absolute atomic E-state index is 2.88. The van der Waals surface area contributed by atoms with E-state index in [-0.39, 0.29) is 10.8 Å². The van der Waals surface area contributed by atoms with Gasteiger partial charge in [-0.1, -0.05) is 215 Å². The van der Waals surface area contributed by atoms with Gasteiger partial charge >= 0.3 is 0 Å². The Kier molecular flexibility index (Phi) is 11.7. The highest BCUT2D eigenvalue weighted by molar-refractivity contribution is 5.81. The van der Waals surface area contributed by atoms with E-state index >= 15 is 0 Å². The van der Waals surface area contributed by atoms with Crippen molar-refractivity contribution in [1.29, 1.82) is 0 Å². The van der Waals surface area contributed by atoms with Gasteiger partial charge in [-0.3, -0.25) is 0 Å². The van der Waals surface area contributed by atoms with Crippen LogP contribution in [-0.2, 0) is 5.41 Å². The Bertz CT molecular complexity index is 3070. The van der Waals surface area contributed by atoms with Crippen LogP contribution in [0.5, 0.6) is 0 Å². The molecule has 0 aromatic heterocycles. The topological polar surface area (TPSA) is 0 Å². The van der Waals surface area contributed by atoms with E-state index < -0.39 is 0 Å². The van der Waals surface area contributed by atoms with Gasteiger partial charge in [-0.25, -0.2) is 0 Å². The fourth-order valence-electron chi connectivity index (χ4n) is 16.7. The van der Waals surface area contributed by atoms with Gasteiger partial charge in [0.2, 0.25) is 0 Å². The second-order valence-electron chi connectivity index (χ2n) is 25.2. The van der Waals surface area contributed by atoms with Gasteiger partial charge in [-0.15, -0.1) is 0 Å². The summed E-state index contributed by atoms with van der Waals surface area (Å²) in [5, 5.41) is 0. The van der Waals surface area contributed by atoms with Gasteiger partial charge in [0.25, 0.3) is 0 Å². The summed E-state index contributed by atoms with van der Waals surface area (Å²) in [6, 6.07) is 21.1. The van der Waals surface area contributed by atoms with E-state index in [1.807, 2.05) is 0 Å². The normalized spacial score (nSPS) is 32.4. The zero-order chi connectivity index (χ0) is 48.9. The molecule has 0 nitrogen and oxygen atoms in total. The van der Waals surface area contributed by atoms with Gasteiger partial charge in [0.05, 0.1) is 0 Å². The van der Waals surface area contributed by atoms with E-state index in [2.05, 4.69) is 199 Å².